The molecule has 1 aromatic rings. The Kier molecular flexibility index (Phi) is 5.31. The lowest BCUT2D eigenvalue weighted by atomic mass is 10.1. The summed E-state index contributed by atoms with van der Waals surface area (Å²) in [7, 11) is 0.381. The smallest absolute Gasteiger partial charge is 0.178 e. The molecule has 1 fully saturated rings. The quantitative estimate of drug-likeness (QED) is 0.755. The van der Waals surface area contributed by atoms with Crippen molar-refractivity contribution < 1.29 is 18.5 Å². The Hall–Kier alpha value is -1.20. The number of rotatable bonds is 6. The van der Waals surface area contributed by atoms with Crippen LogP contribution in [0.5, 0.6) is 5.75 Å². The van der Waals surface area contributed by atoms with E-state index in [4.69, 9.17) is 9.47 Å². The number of hydrogen-bond acceptors (Lipinski definition) is 4. The van der Waals surface area contributed by atoms with Gasteiger partial charge >= 0.3 is 0 Å². The molecule has 2 rings (SSSR count). The van der Waals surface area contributed by atoms with Gasteiger partial charge in [0, 0.05) is 23.0 Å². The van der Waals surface area contributed by atoms with Crippen LogP contribution < -0.4 is 4.74 Å². The third-order valence-electron chi connectivity index (χ3n) is 3.51. The van der Waals surface area contributed by atoms with Crippen LogP contribution in [0, 0.1) is 0 Å². The van der Waals surface area contributed by atoms with Gasteiger partial charge in [0.15, 0.2) is 5.78 Å². The van der Waals surface area contributed by atoms with Gasteiger partial charge in [-0.15, -0.1) is 0 Å². The first-order valence-electron chi connectivity index (χ1n) is 6.79. The third kappa shape index (κ3) is 3.67. The SMILES string of the molecule is COc1ccc(C(=O)C(C)S(=O)CC2CCCO2)cc1. The zero-order valence-corrected chi connectivity index (χ0v) is 12.7. The zero-order chi connectivity index (χ0) is 14.5. The van der Waals surface area contributed by atoms with Gasteiger partial charge in [-0.25, -0.2) is 0 Å². The third-order valence-corrected chi connectivity index (χ3v) is 5.22. The predicted molar refractivity (Wildman–Crippen MR) is 78.8 cm³/mol. The Labute approximate surface area is 121 Å². The highest BCUT2D eigenvalue weighted by molar-refractivity contribution is 7.86. The van der Waals surface area contributed by atoms with E-state index in [1.54, 1.807) is 38.3 Å². The fourth-order valence-electron chi connectivity index (χ4n) is 2.21. The minimum Gasteiger partial charge on any atom is -0.497 e. The topological polar surface area (TPSA) is 52.6 Å². The molecule has 0 radical (unpaired) electrons. The molecule has 1 saturated heterocycles. The highest BCUT2D eigenvalue weighted by Crippen LogP contribution is 2.17. The van der Waals surface area contributed by atoms with E-state index >= 15 is 0 Å². The molecule has 3 atom stereocenters. The summed E-state index contributed by atoms with van der Waals surface area (Å²) in [6.07, 6.45) is 2.00. The maximum atomic E-state index is 12.3. The fraction of sp³-hybridized carbons (Fsp3) is 0.533. The molecule has 0 saturated carbocycles. The lowest BCUT2D eigenvalue weighted by Crippen LogP contribution is -2.28. The van der Waals surface area contributed by atoms with Crippen LogP contribution in [0.1, 0.15) is 30.1 Å². The molecular formula is C15H20O4S. The lowest BCUT2D eigenvalue weighted by molar-refractivity contribution is 0.0991. The number of hydrogen-bond donors (Lipinski definition) is 0. The number of Topliss-reactive ketones (excluding diaryl/α,β-unsaturated/α-hetero) is 1. The maximum absolute atomic E-state index is 12.3. The molecule has 1 aromatic carbocycles. The molecule has 0 spiro atoms. The minimum atomic E-state index is -1.20. The van der Waals surface area contributed by atoms with Gasteiger partial charge in [0.25, 0.3) is 0 Å². The lowest BCUT2D eigenvalue weighted by Gasteiger charge is -2.14. The van der Waals surface area contributed by atoms with Gasteiger partial charge in [-0.3, -0.25) is 9.00 Å². The zero-order valence-electron chi connectivity index (χ0n) is 11.8. The molecule has 0 N–H and O–H groups in total. The van der Waals surface area contributed by atoms with Crippen LogP contribution in [-0.2, 0) is 15.5 Å². The number of benzene rings is 1. The van der Waals surface area contributed by atoms with E-state index in [0.717, 1.165) is 19.4 Å². The average Bonchev–Trinajstić information content (AvgIpc) is 2.98. The fourth-order valence-corrected chi connectivity index (χ4v) is 3.51. The maximum Gasteiger partial charge on any atom is 0.178 e. The van der Waals surface area contributed by atoms with Crippen molar-refractivity contribution in [3.8, 4) is 5.75 Å². The number of carbonyl (C=O) groups is 1. The predicted octanol–water partition coefficient (Wildman–Crippen LogP) is 2.19. The standard InChI is InChI=1S/C15H20O4S/c1-11(20(17)10-14-4-3-9-19-14)15(16)12-5-7-13(18-2)8-6-12/h5-8,11,14H,3-4,9-10H2,1-2H3. The number of ether oxygens (including phenoxy) is 2. The van der Waals surface area contributed by atoms with E-state index in [1.807, 2.05) is 0 Å². The van der Waals surface area contributed by atoms with Crippen LogP contribution in [0.15, 0.2) is 24.3 Å². The van der Waals surface area contributed by atoms with Crippen LogP contribution >= 0.6 is 0 Å². The van der Waals surface area contributed by atoms with E-state index in [0.29, 0.717) is 17.1 Å². The second kappa shape index (κ2) is 6.99. The molecule has 0 aliphatic carbocycles. The normalized spacial score (nSPS) is 21.4. The van der Waals surface area contributed by atoms with Crippen molar-refractivity contribution in [2.75, 3.05) is 19.5 Å². The molecule has 5 heteroatoms. The van der Waals surface area contributed by atoms with Crippen molar-refractivity contribution in [1.29, 1.82) is 0 Å². The molecule has 1 heterocycles. The van der Waals surface area contributed by atoms with Crippen LogP contribution in [0.3, 0.4) is 0 Å². The van der Waals surface area contributed by atoms with Crippen LogP contribution in [-0.4, -0.2) is 40.8 Å². The van der Waals surface area contributed by atoms with Gasteiger partial charge < -0.3 is 9.47 Å². The second-order valence-corrected chi connectivity index (χ2v) is 6.72. The summed E-state index contributed by atoms with van der Waals surface area (Å²) in [5, 5.41) is -0.507. The molecule has 1 aliphatic heterocycles. The number of carbonyl (C=O) groups excluding carboxylic acids is 1. The Morgan fingerprint density at radius 3 is 2.70 bits per heavy atom. The summed E-state index contributed by atoms with van der Waals surface area (Å²) < 4.78 is 22.7. The molecule has 110 valence electrons. The summed E-state index contributed by atoms with van der Waals surface area (Å²) in [5.74, 6) is 1.06. The highest BCUT2D eigenvalue weighted by Gasteiger charge is 2.26. The van der Waals surface area contributed by atoms with E-state index in [1.165, 1.54) is 0 Å². The van der Waals surface area contributed by atoms with E-state index in [-0.39, 0.29) is 11.9 Å². The van der Waals surface area contributed by atoms with E-state index in [2.05, 4.69) is 0 Å². The van der Waals surface area contributed by atoms with Crippen LogP contribution in [0.2, 0.25) is 0 Å². The highest BCUT2D eigenvalue weighted by atomic mass is 32.2. The van der Waals surface area contributed by atoms with Crippen molar-refractivity contribution in [3.63, 3.8) is 0 Å². The van der Waals surface area contributed by atoms with Crippen molar-refractivity contribution in [3.05, 3.63) is 29.8 Å². The van der Waals surface area contributed by atoms with Gasteiger partial charge in [-0.2, -0.15) is 0 Å². The summed E-state index contributed by atoms with van der Waals surface area (Å²) in [4.78, 5) is 12.3. The summed E-state index contributed by atoms with van der Waals surface area (Å²) in [6, 6.07) is 6.90. The summed E-state index contributed by atoms with van der Waals surface area (Å²) in [5.41, 5.74) is 0.569. The Bertz CT molecular complexity index is 477. The van der Waals surface area contributed by atoms with Crippen molar-refractivity contribution in [2.45, 2.75) is 31.1 Å². The van der Waals surface area contributed by atoms with Gasteiger partial charge in [0.2, 0.25) is 0 Å². The molecule has 0 aromatic heterocycles. The van der Waals surface area contributed by atoms with Crippen LogP contribution in [0.25, 0.3) is 0 Å². The molecule has 1 aliphatic rings. The molecule has 0 amide bonds. The van der Waals surface area contributed by atoms with E-state index in [9.17, 15) is 9.00 Å². The summed E-state index contributed by atoms with van der Waals surface area (Å²) >= 11 is 0. The molecule has 0 bridgehead atoms. The average molecular weight is 296 g/mol. The first kappa shape index (κ1) is 15.2. The number of methoxy groups -OCH3 is 1. The van der Waals surface area contributed by atoms with Crippen molar-refractivity contribution in [1.82, 2.24) is 0 Å². The van der Waals surface area contributed by atoms with Gasteiger partial charge in [-0.1, -0.05) is 0 Å². The molecule has 4 nitrogen and oxygen atoms in total. The molecular weight excluding hydrogens is 276 g/mol. The van der Waals surface area contributed by atoms with E-state index < -0.39 is 16.0 Å². The molecule has 20 heavy (non-hydrogen) atoms. The second-order valence-electron chi connectivity index (χ2n) is 4.92. The van der Waals surface area contributed by atoms with Crippen molar-refractivity contribution >= 4 is 16.6 Å². The summed E-state index contributed by atoms with van der Waals surface area (Å²) in [6.45, 7) is 2.46. The van der Waals surface area contributed by atoms with Gasteiger partial charge in [-0.05, 0) is 44.0 Å². The van der Waals surface area contributed by atoms with Crippen LogP contribution in [0.4, 0.5) is 0 Å². The monoisotopic (exact) mass is 296 g/mol. The Morgan fingerprint density at radius 2 is 2.15 bits per heavy atom. The minimum absolute atomic E-state index is 0.0435. The first-order valence-corrected chi connectivity index (χ1v) is 8.17. The Morgan fingerprint density at radius 1 is 1.45 bits per heavy atom. The van der Waals surface area contributed by atoms with Gasteiger partial charge in [0.1, 0.15) is 5.75 Å². The number of ketones is 1. The first-order chi connectivity index (χ1) is 9.61. The van der Waals surface area contributed by atoms with Crippen molar-refractivity contribution in [2.24, 2.45) is 0 Å². The van der Waals surface area contributed by atoms with Gasteiger partial charge in [0.05, 0.1) is 24.2 Å². The molecule has 3 unspecified atom stereocenters. The Balaban J connectivity index is 1.97. The largest absolute Gasteiger partial charge is 0.497 e.